The van der Waals surface area contributed by atoms with E-state index in [1.54, 1.807) is 0 Å². The van der Waals surface area contributed by atoms with Gasteiger partial charge in [0.2, 0.25) is 0 Å². The predicted molar refractivity (Wildman–Crippen MR) is 83.3 cm³/mol. The summed E-state index contributed by atoms with van der Waals surface area (Å²) in [5, 5.41) is 3.59. The summed E-state index contributed by atoms with van der Waals surface area (Å²) >= 11 is 0. The molecule has 2 heteroatoms. The van der Waals surface area contributed by atoms with Gasteiger partial charge in [0.25, 0.3) is 0 Å². The van der Waals surface area contributed by atoms with Gasteiger partial charge in [0.15, 0.2) is 0 Å². The van der Waals surface area contributed by atoms with Gasteiger partial charge in [-0.2, -0.15) is 0 Å². The Morgan fingerprint density at radius 1 is 1.10 bits per heavy atom. The molecule has 2 heterocycles. The van der Waals surface area contributed by atoms with E-state index in [9.17, 15) is 0 Å². The number of benzene rings is 2. The summed E-state index contributed by atoms with van der Waals surface area (Å²) in [6, 6.07) is 15.6. The number of rotatable bonds is 1. The van der Waals surface area contributed by atoms with Gasteiger partial charge >= 0.3 is 0 Å². The molecule has 0 spiro atoms. The number of hydrogen-bond acceptors (Lipinski definition) is 2. The van der Waals surface area contributed by atoms with Gasteiger partial charge in [-0.05, 0) is 35.7 Å². The van der Waals surface area contributed by atoms with E-state index in [1.165, 1.54) is 34.4 Å². The average Bonchev–Trinajstić information content (AvgIpc) is 2.96. The Morgan fingerprint density at radius 3 is 2.80 bits per heavy atom. The zero-order valence-corrected chi connectivity index (χ0v) is 11.9. The Balaban J connectivity index is 1.86. The van der Waals surface area contributed by atoms with Gasteiger partial charge in [-0.3, -0.25) is 0 Å². The van der Waals surface area contributed by atoms with Crippen LogP contribution in [0.15, 0.2) is 42.5 Å². The lowest BCUT2D eigenvalue weighted by atomic mass is 9.83. The summed E-state index contributed by atoms with van der Waals surface area (Å²) < 4.78 is 0. The van der Waals surface area contributed by atoms with Crippen LogP contribution in [0, 0.1) is 0 Å². The minimum atomic E-state index is 0.498. The maximum Gasteiger partial charge on any atom is 0.0422 e. The first kappa shape index (κ1) is 12.0. The molecule has 2 aliphatic heterocycles. The van der Waals surface area contributed by atoms with Crippen LogP contribution in [0.25, 0.3) is 0 Å². The van der Waals surface area contributed by atoms with E-state index < -0.39 is 0 Å². The number of nitrogens with one attached hydrogen (secondary N) is 1. The molecule has 2 nitrogen and oxygen atoms in total. The van der Waals surface area contributed by atoms with Crippen LogP contribution >= 0.6 is 0 Å². The van der Waals surface area contributed by atoms with Crippen molar-refractivity contribution in [2.75, 3.05) is 25.5 Å². The first-order chi connectivity index (χ1) is 9.83. The summed E-state index contributed by atoms with van der Waals surface area (Å²) in [6.45, 7) is 3.26. The van der Waals surface area contributed by atoms with Crippen LogP contribution in [0.4, 0.5) is 5.69 Å². The molecular weight excluding hydrogens is 244 g/mol. The highest BCUT2D eigenvalue weighted by Gasteiger charge is 2.28. The van der Waals surface area contributed by atoms with Crippen molar-refractivity contribution in [3.63, 3.8) is 0 Å². The monoisotopic (exact) mass is 264 g/mol. The number of hydrogen-bond donors (Lipinski definition) is 1. The highest BCUT2D eigenvalue weighted by atomic mass is 15.1. The third-order valence-electron chi connectivity index (χ3n) is 4.63. The van der Waals surface area contributed by atoms with Crippen molar-refractivity contribution in [1.82, 2.24) is 4.90 Å². The van der Waals surface area contributed by atoms with Crippen molar-refractivity contribution in [2.24, 2.45) is 0 Å². The molecule has 0 aliphatic carbocycles. The van der Waals surface area contributed by atoms with E-state index in [2.05, 4.69) is 59.7 Å². The van der Waals surface area contributed by atoms with Crippen molar-refractivity contribution in [3.8, 4) is 0 Å². The Labute approximate surface area is 120 Å². The van der Waals surface area contributed by atoms with Gasteiger partial charge in [0.1, 0.15) is 0 Å². The minimum Gasteiger partial charge on any atom is -0.384 e. The lowest BCUT2D eigenvalue weighted by Gasteiger charge is -2.34. The Bertz CT molecular complexity index is 633. The molecule has 0 saturated heterocycles. The lowest BCUT2D eigenvalue weighted by Crippen LogP contribution is -2.31. The third kappa shape index (κ3) is 1.83. The summed E-state index contributed by atoms with van der Waals surface area (Å²) in [7, 11) is 2.23. The van der Waals surface area contributed by atoms with Crippen LogP contribution in [0.2, 0.25) is 0 Å². The van der Waals surface area contributed by atoms with Crippen molar-refractivity contribution in [3.05, 3.63) is 64.7 Å². The summed E-state index contributed by atoms with van der Waals surface area (Å²) in [5.74, 6) is 0.498. The molecule has 4 rings (SSSR count). The normalized spacial score (nSPS) is 21.1. The maximum atomic E-state index is 3.59. The third-order valence-corrected chi connectivity index (χ3v) is 4.63. The molecule has 2 aliphatic rings. The first-order valence-electron chi connectivity index (χ1n) is 7.45. The van der Waals surface area contributed by atoms with Crippen LogP contribution in [0.5, 0.6) is 0 Å². The average molecular weight is 264 g/mol. The first-order valence-corrected chi connectivity index (χ1v) is 7.45. The largest absolute Gasteiger partial charge is 0.384 e. The van der Waals surface area contributed by atoms with Crippen molar-refractivity contribution >= 4 is 5.69 Å². The van der Waals surface area contributed by atoms with Gasteiger partial charge < -0.3 is 10.2 Å². The van der Waals surface area contributed by atoms with E-state index in [1.807, 2.05) is 0 Å². The molecule has 102 valence electrons. The molecule has 0 bridgehead atoms. The van der Waals surface area contributed by atoms with E-state index in [0.29, 0.717) is 5.92 Å². The van der Waals surface area contributed by atoms with Gasteiger partial charge in [-0.15, -0.1) is 0 Å². The summed E-state index contributed by atoms with van der Waals surface area (Å²) in [6.07, 6.45) is 1.17. The molecule has 0 saturated carbocycles. The molecular formula is C18H20N2. The summed E-state index contributed by atoms with van der Waals surface area (Å²) in [4.78, 5) is 2.44. The molecule has 20 heavy (non-hydrogen) atoms. The molecule has 1 N–H and O–H groups in total. The van der Waals surface area contributed by atoms with Crippen molar-refractivity contribution in [2.45, 2.75) is 18.9 Å². The smallest absolute Gasteiger partial charge is 0.0422 e. The number of nitrogens with zero attached hydrogens (tertiary/aromatic N) is 1. The van der Waals surface area contributed by atoms with Crippen LogP contribution < -0.4 is 5.32 Å². The standard InChI is InChI=1S/C18H20N2/c1-20-11-16(13-5-3-2-4-6-13)15-8-7-14-9-10-19-18(14)17(15)12-20/h2-8,16,19H,9-12H2,1H3. The number of likely N-dealkylation sites (N-methyl/N-ethyl adjacent to an activating group) is 1. The molecule has 0 amide bonds. The van der Waals surface area contributed by atoms with Gasteiger partial charge in [0, 0.05) is 31.2 Å². The van der Waals surface area contributed by atoms with Gasteiger partial charge in [-0.1, -0.05) is 42.5 Å². The van der Waals surface area contributed by atoms with Crippen molar-refractivity contribution in [1.29, 1.82) is 0 Å². The maximum absolute atomic E-state index is 3.59. The SMILES string of the molecule is CN1Cc2c(ccc3c2NCC3)C(c2ccccc2)C1. The molecule has 0 radical (unpaired) electrons. The van der Waals surface area contributed by atoms with E-state index in [4.69, 9.17) is 0 Å². The molecule has 0 aromatic heterocycles. The second kappa shape index (κ2) is 4.64. The fourth-order valence-electron chi connectivity index (χ4n) is 3.67. The Morgan fingerprint density at radius 2 is 1.95 bits per heavy atom. The van der Waals surface area contributed by atoms with E-state index in [0.717, 1.165) is 19.6 Å². The highest BCUT2D eigenvalue weighted by Crippen LogP contribution is 2.39. The van der Waals surface area contributed by atoms with Gasteiger partial charge in [-0.25, -0.2) is 0 Å². The van der Waals surface area contributed by atoms with Crippen LogP contribution in [-0.4, -0.2) is 25.0 Å². The molecule has 1 atom stereocenters. The lowest BCUT2D eigenvalue weighted by molar-refractivity contribution is 0.296. The quantitative estimate of drug-likeness (QED) is 0.850. The van der Waals surface area contributed by atoms with E-state index >= 15 is 0 Å². The second-order valence-corrected chi connectivity index (χ2v) is 6.00. The number of anilines is 1. The van der Waals surface area contributed by atoms with Crippen LogP contribution in [0.3, 0.4) is 0 Å². The van der Waals surface area contributed by atoms with Crippen LogP contribution in [0.1, 0.15) is 28.2 Å². The zero-order valence-electron chi connectivity index (χ0n) is 11.9. The Hall–Kier alpha value is -1.80. The van der Waals surface area contributed by atoms with Crippen LogP contribution in [-0.2, 0) is 13.0 Å². The topological polar surface area (TPSA) is 15.3 Å². The highest BCUT2D eigenvalue weighted by molar-refractivity contribution is 5.65. The molecule has 1 unspecified atom stereocenters. The molecule has 2 aromatic carbocycles. The van der Waals surface area contributed by atoms with Crippen molar-refractivity contribution < 1.29 is 0 Å². The molecule has 2 aromatic rings. The second-order valence-electron chi connectivity index (χ2n) is 6.00. The Kier molecular flexibility index (Phi) is 2.78. The minimum absolute atomic E-state index is 0.498. The number of fused-ring (bicyclic) bond motifs is 3. The molecule has 0 fully saturated rings. The summed E-state index contributed by atoms with van der Waals surface area (Å²) in [5.41, 5.74) is 7.36. The zero-order chi connectivity index (χ0) is 13.5. The van der Waals surface area contributed by atoms with Gasteiger partial charge in [0.05, 0.1) is 0 Å². The van der Waals surface area contributed by atoms with E-state index in [-0.39, 0.29) is 0 Å². The predicted octanol–water partition coefficient (Wildman–Crippen LogP) is 3.23. The fourth-order valence-corrected chi connectivity index (χ4v) is 3.67. The fraction of sp³-hybridized carbons (Fsp3) is 0.333.